The molecule has 21 heavy (non-hydrogen) atoms. The first-order chi connectivity index (χ1) is 10.1. The number of para-hydroxylation sites is 1. The Morgan fingerprint density at radius 1 is 1.24 bits per heavy atom. The van der Waals surface area contributed by atoms with Gasteiger partial charge in [-0.1, -0.05) is 18.2 Å². The Bertz CT molecular complexity index is 692. The molecule has 0 saturated carbocycles. The van der Waals surface area contributed by atoms with Crippen molar-refractivity contribution in [3.8, 4) is 5.75 Å². The SMILES string of the molecule is CC(C)N=c1ccccn1C(=O)COc1ccccc1F. The van der Waals surface area contributed by atoms with Crippen molar-refractivity contribution < 1.29 is 13.9 Å². The quantitative estimate of drug-likeness (QED) is 0.868. The van der Waals surface area contributed by atoms with Crippen LogP contribution in [0.5, 0.6) is 5.75 Å². The van der Waals surface area contributed by atoms with Gasteiger partial charge in [0.15, 0.2) is 18.2 Å². The fraction of sp³-hybridized carbons (Fsp3) is 0.250. The third-order valence-electron chi connectivity index (χ3n) is 2.69. The number of carbonyl (C=O) groups is 1. The van der Waals surface area contributed by atoms with E-state index < -0.39 is 5.82 Å². The molecule has 5 heteroatoms. The van der Waals surface area contributed by atoms with Gasteiger partial charge in [-0.25, -0.2) is 4.39 Å². The van der Waals surface area contributed by atoms with E-state index in [-0.39, 0.29) is 24.3 Å². The van der Waals surface area contributed by atoms with Crippen LogP contribution in [0.15, 0.2) is 53.7 Å². The highest BCUT2D eigenvalue weighted by Gasteiger charge is 2.08. The van der Waals surface area contributed by atoms with E-state index >= 15 is 0 Å². The van der Waals surface area contributed by atoms with Crippen LogP contribution in [0.25, 0.3) is 0 Å². The molecule has 0 fully saturated rings. The van der Waals surface area contributed by atoms with Crippen LogP contribution in [0.4, 0.5) is 4.39 Å². The molecule has 4 nitrogen and oxygen atoms in total. The van der Waals surface area contributed by atoms with E-state index in [0.29, 0.717) is 5.49 Å². The number of halogens is 1. The molecule has 0 atom stereocenters. The van der Waals surface area contributed by atoms with E-state index in [1.54, 1.807) is 30.5 Å². The zero-order valence-corrected chi connectivity index (χ0v) is 12.0. The number of aromatic nitrogens is 1. The number of nitrogens with zero attached hydrogens (tertiary/aromatic N) is 2. The van der Waals surface area contributed by atoms with Crippen LogP contribution in [-0.4, -0.2) is 23.1 Å². The molecular weight excluding hydrogens is 271 g/mol. The first kappa shape index (κ1) is 15.0. The van der Waals surface area contributed by atoms with Gasteiger partial charge in [-0.3, -0.25) is 14.4 Å². The van der Waals surface area contributed by atoms with Crippen molar-refractivity contribution in [2.45, 2.75) is 19.9 Å². The Hall–Kier alpha value is -2.43. The van der Waals surface area contributed by atoms with Crippen molar-refractivity contribution in [3.63, 3.8) is 0 Å². The molecule has 2 aromatic rings. The van der Waals surface area contributed by atoms with E-state index in [2.05, 4.69) is 4.99 Å². The summed E-state index contributed by atoms with van der Waals surface area (Å²) in [5.41, 5.74) is 0.551. The summed E-state index contributed by atoms with van der Waals surface area (Å²) in [4.78, 5) is 16.6. The van der Waals surface area contributed by atoms with E-state index in [1.165, 1.54) is 16.7 Å². The Morgan fingerprint density at radius 2 is 1.95 bits per heavy atom. The van der Waals surface area contributed by atoms with Crippen LogP contribution in [0.2, 0.25) is 0 Å². The van der Waals surface area contributed by atoms with Gasteiger partial charge < -0.3 is 4.74 Å². The van der Waals surface area contributed by atoms with Crippen molar-refractivity contribution >= 4 is 5.91 Å². The minimum Gasteiger partial charge on any atom is -0.481 e. The predicted octanol–water partition coefficient (Wildman–Crippen LogP) is 2.66. The van der Waals surface area contributed by atoms with Gasteiger partial charge in [-0.05, 0) is 38.1 Å². The zero-order valence-electron chi connectivity index (χ0n) is 12.0. The van der Waals surface area contributed by atoms with Crippen LogP contribution in [0, 0.1) is 5.82 Å². The van der Waals surface area contributed by atoms with E-state index in [4.69, 9.17) is 4.74 Å². The molecule has 1 heterocycles. The topological polar surface area (TPSA) is 43.6 Å². The number of hydrogen-bond donors (Lipinski definition) is 0. The highest BCUT2D eigenvalue weighted by atomic mass is 19.1. The van der Waals surface area contributed by atoms with Gasteiger partial charge in [-0.2, -0.15) is 0 Å². The molecule has 110 valence electrons. The Balaban J connectivity index is 2.17. The average molecular weight is 288 g/mol. The Morgan fingerprint density at radius 3 is 2.67 bits per heavy atom. The molecule has 1 aromatic carbocycles. The van der Waals surface area contributed by atoms with E-state index in [9.17, 15) is 9.18 Å². The molecule has 0 aliphatic carbocycles. The summed E-state index contributed by atoms with van der Waals surface area (Å²) in [6.45, 7) is 3.60. The molecule has 0 N–H and O–H groups in total. The maximum absolute atomic E-state index is 13.4. The zero-order chi connectivity index (χ0) is 15.2. The van der Waals surface area contributed by atoms with Crippen molar-refractivity contribution in [1.29, 1.82) is 0 Å². The lowest BCUT2D eigenvalue weighted by Gasteiger charge is -2.09. The maximum atomic E-state index is 13.4. The molecule has 0 saturated heterocycles. The summed E-state index contributed by atoms with van der Waals surface area (Å²) in [6, 6.07) is 11.4. The maximum Gasteiger partial charge on any atom is 0.270 e. The lowest BCUT2D eigenvalue weighted by Crippen LogP contribution is -2.31. The number of pyridine rings is 1. The number of hydrogen-bond acceptors (Lipinski definition) is 3. The molecule has 0 bridgehead atoms. The van der Waals surface area contributed by atoms with Crippen molar-refractivity contribution in [1.82, 2.24) is 4.57 Å². The number of carbonyl (C=O) groups excluding carboxylic acids is 1. The van der Waals surface area contributed by atoms with Gasteiger partial charge in [-0.15, -0.1) is 0 Å². The summed E-state index contributed by atoms with van der Waals surface area (Å²) in [6.07, 6.45) is 1.62. The molecule has 2 rings (SSSR count). The average Bonchev–Trinajstić information content (AvgIpc) is 2.46. The third-order valence-corrected chi connectivity index (χ3v) is 2.69. The molecule has 0 unspecified atom stereocenters. The molecular formula is C16H17FN2O2. The number of rotatable bonds is 4. The largest absolute Gasteiger partial charge is 0.481 e. The second-order valence-electron chi connectivity index (χ2n) is 4.76. The lowest BCUT2D eigenvalue weighted by atomic mass is 10.3. The summed E-state index contributed by atoms with van der Waals surface area (Å²) in [7, 11) is 0. The minimum absolute atomic E-state index is 0.0599. The fourth-order valence-corrected chi connectivity index (χ4v) is 1.79. The van der Waals surface area contributed by atoms with Crippen LogP contribution >= 0.6 is 0 Å². The molecule has 0 aliphatic heterocycles. The van der Waals surface area contributed by atoms with Crippen molar-refractivity contribution in [2.24, 2.45) is 4.99 Å². The third kappa shape index (κ3) is 4.02. The van der Waals surface area contributed by atoms with E-state index in [0.717, 1.165) is 0 Å². The van der Waals surface area contributed by atoms with E-state index in [1.807, 2.05) is 19.9 Å². The normalized spacial score (nSPS) is 11.7. The predicted molar refractivity (Wildman–Crippen MR) is 77.7 cm³/mol. The lowest BCUT2D eigenvalue weighted by molar-refractivity contribution is 0.0829. The van der Waals surface area contributed by atoms with Crippen LogP contribution in [0.1, 0.15) is 18.6 Å². The van der Waals surface area contributed by atoms with Gasteiger partial charge in [0.1, 0.15) is 5.49 Å². The van der Waals surface area contributed by atoms with Gasteiger partial charge >= 0.3 is 0 Å². The van der Waals surface area contributed by atoms with Crippen LogP contribution in [0.3, 0.4) is 0 Å². The van der Waals surface area contributed by atoms with Gasteiger partial charge in [0.25, 0.3) is 5.91 Å². The van der Waals surface area contributed by atoms with Crippen LogP contribution < -0.4 is 10.2 Å². The van der Waals surface area contributed by atoms with Crippen molar-refractivity contribution in [2.75, 3.05) is 6.61 Å². The number of ether oxygens (including phenoxy) is 1. The molecule has 0 aliphatic rings. The first-order valence-electron chi connectivity index (χ1n) is 6.70. The van der Waals surface area contributed by atoms with Crippen LogP contribution in [-0.2, 0) is 0 Å². The second-order valence-corrected chi connectivity index (χ2v) is 4.76. The highest BCUT2D eigenvalue weighted by molar-refractivity contribution is 5.80. The fourth-order valence-electron chi connectivity index (χ4n) is 1.79. The molecule has 1 aromatic heterocycles. The summed E-state index contributed by atoms with van der Waals surface area (Å²) in [5, 5.41) is 0. The Kier molecular flexibility index (Phi) is 4.87. The van der Waals surface area contributed by atoms with Gasteiger partial charge in [0, 0.05) is 12.2 Å². The molecule has 0 spiro atoms. The van der Waals surface area contributed by atoms with Gasteiger partial charge in [0.05, 0.1) is 0 Å². The summed E-state index contributed by atoms with van der Waals surface area (Å²) >= 11 is 0. The highest BCUT2D eigenvalue weighted by Crippen LogP contribution is 2.14. The summed E-state index contributed by atoms with van der Waals surface area (Å²) in [5.74, 6) is -0.738. The van der Waals surface area contributed by atoms with Gasteiger partial charge in [0.2, 0.25) is 0 Å². The first-order valence-corrected chi connectivity index (χ1v) is 6.70. The van der Waals surface area contributed by atoms with Crippen molar-refractivity contribution in [3.05, 3.63) is 60.0 Å². The molecule has 0 amide bonds. The smallest absolute Gasteiger partial charge is 0.270 e. The summed E-state index contributed by atoms with van der Waals surface area (Å²) < 4.78 is 20.1. The second kappa shape index (κ2) is 6.83. The molecule has 0 radical (unpaired) electrons. The standard InChI is InChI=1S/C16H17FN2O2/c1-12(2)18-15-9-5-6-10-19(15)16(20)11-21-14-8-4-3-7-13(14)17/h3-10,12H,11H2,1-2H3. The number of benzene rings is 1. The monoisotopic (exact) mass is 288 g/mol. The Labute approximate surface area is 122 Å². The minimum atomic E-state index is -0.490.